The van der Waals surface area contributed by atoms with E-state index in [2.05, 4.69) is 34.4 Å². The smallest absolute Gasteiger partial charge is 0.338 e. The zero-order chi connectivity index (χ0) is 16.7. The topological polar surface area (TPSA) is 76.1 Å². The molecule has 6 heteroatoms. The van der Waals surface area contributed by atoms with Crippen LogP contribution in [0, 0.1) is 0 Å². The van der Waals surface area contributed by atoms with Crippen molar-refractivity contribution in [3.63, 3.8) is 0 Å². The molecule has 0 fully saturated rings. The molecule has 1 aromatic heterocycles. The van der Waals surface area contributed by atoms with Crippen LogP contribution in [-0.2, 0) is 4.74 Å². The van der Waals surface area contributed by atoms with Gasteiger partial charge < -0.3 is 15.4 Å². The van der Waals surface area contributed by atoms with Gasteiger partial charge in [0.1, 0.15) is 5.82 Å². The maximum Gasteiger partial charge on any atom is 0.338 e. The predicted molar refractivity (Wildman–Crippen MR) is 91.1 cm³/mol. The Bertz CT molecular complexity index is 643. The maximum atomic E-state index is 11.6. The molecule has 0 amide bonds. The Morgan fingerprint density at radius 3 is 2.61 bits per heavy atom. The van der Waals surface area contributed by atoms with Crippen LogP contribution in [0.15, 0.2) is 36.5 Å². The van der Waals surface area contributed by atoms with Crippen LogP contribution in [0.1, 0.15) is 37.6 Å². The minimum absolute atomic E-state index is 0.324. The Balaban J connectivity index is 2.04. The summed E-state index contributed by atoms with van der Waals surface area (Å²) < 4.78 is 4.96. The molecule has 0 radical (unpaired) electrons. The van der Waals surface area contributed by atoms with Gasteiger partial charge in [-0.25, -0.2) is 9.78 Å². The summed E-state index contributed by atoms with van der Waals surface area (Å²) >= 11 is 0. The average Bonchev–Trinajstić information content (AvgIpc) is 2.56. The first kappa shape index (κ1) is 16.7. The summed E-state index contributed by atoms with van der Waals surface area (Å²) in [6.07, 6.45) is 2.72. The normalized spacial score (nSPS) is 11.6. The van der Waals surface area contributed by atoms with E-state index in [1.165, 1.54) is 0 Å². The molecule has 1 aromatic carbocycles. The van der Waals surface area contributed by atoms with Gasteiger partial charge in [0.15, 0.2) is 0 Å². The summed E-state index contributed by atoms with van der Waals surface area (Å²) in [5, 5.41) is 6.42. The van der Waals surface area contributed by atoms with E-state index in [4.69, 9.17) is 4.74 Å². The highest BCUT2D eigenvalue weighted by Crippen LogP contribution is 2.16. The predicted octanol–water partition coefficient (Wildman–Crippen LogP) is 3.61. The molecular formula is C17H22N4O2. The molecule has 6 nitrogen and oxygen atoms in total. The van der Waals surface area contributed by atoms with Crippen molar-refractivity contribution in [2.24, 2.45) is 0 Å². The number of esters is 1. The summed E-state index contributed by atoms with van der Waals surface area (Å²) in [6.45, 7) is 6.36. The van der Waals surface area contributed by atoms with E-state index in [0.29, 0.717) is 24.2 Å². The molecule has 0 aliphatic carbocycles. The summed E-state index contributed by atoms with van der Waals surface area (Å²) in [4.78, 5) is 20.2. The molecule has 0 saturated carbocycles. The Hall–Kier alpha value is -2.63. The van der Waals surface area contributed by atoms with Gasteiger partial charge in [-0.1, -0.05) is 6.92 Å². The Labute approximate surface area is 136 Å². The standard InChI is InChI=1S/C17H22N4O2/c1-4-12(3)19-15-10-11-18-17(21-15)20-14-8-6-13(7-9-14)16(22)23-5-2/h6-12H,4-5H2,1-3H3,(H2,18,19,20,21). The molecule has 23 heavy (non-hydrogen) atoms. The second kappa shape index (κ2) is 8.12. The van der Waals surface area contributed by atoms with E-state index in [1.807, 2.05) is 6.07 Å². The second-order valence-electron chi connectivity index (χ2n) is 5.14. The Morgan fingerprint density at radius 1 is 1.22 bits per heavy atom. The number of benzene rings is 1. The molecule has 0 spiro atoms. The summed E-state index contributed by atoms with van der Waals surface area (Å²) in [5.74, 6) is 0.956. The number of aromatic nitrogens is 2. The molecular weight excluding hydrogens is 292 g/mol. The van der Waals surface area contributed by atoms with Crippen molar-refractivity contribution in [3.05, 3.63) is 42.1 Å². The molecule has 0 aliphatic heterocycles. The van der Waals surface area contributed by atoms with Gasteiger partial charge in [0.25, 0.3) is 0 Å². The van der Waals surface area contributed by atoms with Crippen LogP contribution in [0.5, 0.6) is 0 Å². The van der Waals surface area contributed by atoms with Crippen molar-refractivity contribution in [1.82, 2.24) is 9.97 Å². The SMILES string of the molecule is CCOC(=O)c1ccc(Nc2nccc(NC(C)CC)n2)cc1. The molecule has 2 N–H and O–H groups in total. The average molecular weight is 314 g/mol. The van der Waals surface area contributed by atoms with Crippen LogP contribution >= 0.6 is 0 Å². The number of anilines is 3. The number of nitrogens with one attached hydrogen (secondary N) is 2. The van der Waals surface area contributed by atoms with Crippen molar-refractivity contribution in [2.75, 3.05) is 17.2 Å². The van der Waals surface area contributed by atoms with E-state index in [-0.39, 0.29) is 5.97 Å². The molecule has 122 valence electrons. The van der Waals surface area contributed by atoms with Gasteiger partial charge in [-0.05, 0) is 50.6 Å². The highest BCUT2D eigenvalue weighted by Gasteiger charge is 2.07. The first-order valence-electron chi connectivity index (χ1n) is 7.76. The maximum absolute atomic E-state index is 11.6. The quantitative estimate of drug-likeness (QED) is 0.760. The monoisotopic (exact) mass is 314 g/mol. The highest BCUT2D eigenvalue weighted by atomic mass is 16.5. The van der Waals surface area contributed by atoms with Crippen molar-refractivity contribution >= 4 is 23.4 Å². The minimum Gasteiger partial charge on any atom is -0.462 e. The lowest BCUT2D eigenvalue weighted by atomic mass is 10.2. The zero-order valence-corrected chi connectivity index (χ0v) is 13.7. The van der Waals surface area contributed by atoms with Crippen LogP contribution in [0.3, 0.4) is 0 Å². The van der Waals surface area contributed by atoms with Gasteiger partial charge in [0, 0.05) is 17.9 Å². The van der Waals surface area contributed by atoms with E-state index in [9.17, 15) is 4.79 Å². The van der Waals surface area contributed by atoms with Gasteiger partial charge in [-0.2, -0.15) is 4.98 Å². The van der Waals surface area contributed by atoms with Crippen LogP contribution in [-0.4, -0.2) is 28.6 Å². The number of carbonyl (C=O) groups is 1. The fourth-order valence-corrected chi connectivity index (χ4v) is 1.89. The van der Waals surface area contributed by atoms with E-state index in [0.717, 1.165) is 17.9 Å². The van der Waals surface area contributed by atoms with Crippen LogP contribution in [0.25, 0.3) is 0 Å². The molecule has 0 aliphatic rings. The highest BCUT2D eigenvalue weighted by molar-refractivity contribution is 5.89. The van der Waals surface area contributed by atoms with Gasteiger partial charge in [0.2, 0.25) is 5.95 Å². The van der Waals surface area contributed by atoms with Gasteiger partial charge in [0.05, 0.1) is 12.2 Å². The van der Waals surface area contributed by atoms with Gasteiger partial charge >= 0.3 is 5.97 Å². The third-order valence-corrected chi connectivity index (χ3v) is 3.31. The van der Waals surface area contributed by atoms with Crippen molar-refractivity contribution in [1.29, 1.82) is 0 Å². The van der Waals surface area contributed by atoms with Gasteiger partial charge in [-0.3, -0.25) is 0 Å². The summed E-state index contributed by atoms with van der Waals surface area (Å²) in [6, 6.07) is 9.20. The second-order valence-corrected chi connectivity index (χ2v) is 5.14. The zero-order valence-electron chi connectivity index (χ0n) is 13.7. The molecule has 2 rings (SSSR count). The minimum atomic E-state index is -0.324. The fourth-order valence-electron chi connectivity index (χ4n) is 1.89. The summed E-state index contributed by atoms with van der Waals surface area (Å²) in [5.41, 5.74) is 1.32. The lowest BCUT2D eigenvalue weighted by molar-refractivity contribution is 0.0526. The van der Waals surface area contributed by atoms with Crippen LogP contribution < -0.4 is 10.6 Å². The van der Waals surface area contributed by atoms with Crippen molar-refractivity contribution in [3.8, 4) is 0 Å². The van der Waals surface area contributed by atoms with Gasteiger partial charge in [-0.15, -0.1) is 0 Å². The van der Waals surface area contributed by atoms with E-state index in [1.54, 1.807) is 37.4 Å². The molecule has 1 heterocycles. The molecule has 0 bridgehead atoms. The molecule has 1 unspecified atom stereocenters. The molecule has 1 atom stereocenters. The first-order valence-corrected chi connectivity index (χ1v) is 7.76. The largest absolute Gasteiger partial charge is 0.462 e. The molecule has 2 aromatic rings. The number of nitrogens with zero attached hydrogens (tertiary/aromatic N) is 2. The van der Waals surface area contributed by atoms with Crippen LogP contribution in [0.2, 0.25) is 0 Å². The van der Waals surface area contributed by atoms with E-state index >= 15 is 0 Å². The van der Waals surface area contributed by atoms with Crippen LogP contribution in [0.4, 0.5) is 17.5 Å². The van der Waals surface area contributed by atoms with E-state index < -0.39 is 0 Å². The number of carbonyl (C=O) groups excluding carboxylic acids is 1. The Kier molecular flexibility index (Phi) is 5.91. The Morgan fingerprint density at radius 2 is 1.96 bits per heavy atom. The number of hydrogen-bond donors (Lipinski definition) is 2. The van der Waals surface area contributed by atoms with Crippen molar-refractivity contribution in [2.45, 2.75) is 33.2 Å². The lowest BCUT2D eigenvalue weighted by Gasteiger charge is -2.13. The first-order chi connectivity index (χ1) is 11.1. The number of ether oxygens (including phenoxy) is 1. The third-order valence-electron chi connectivity index (χ3n) is 3.31. The molecule has 0 saturated heterocycles. The third kappa shape index (κ3) is 4.95. The number of hydrogen-bond acceptors (Lipinski definition) is 6. The lowest BCUT2D eigenvalue weighted by Crippen LogP contribution is -2.15. The summed E-state index contributed by atoms with van der Waals surface area (Å²) in [7, 11) is 0. The number of rotatable bonds is 7. The van der Waals surface area contributed by atoms with Crippen molar-refractivity contribution < 1.29 is 9.53 Å². The fraction of sp³-hybridized carbons (Fsp3) is 0.353.